The lowest BCUT2D eigenvalue weighted by Crippen LogP contribution is -2.32. The molecule has 4 rings (SSSR count). The molecule has 1 atom stereocenters. The van der Waals surface area contributed by atoms with Crippen molar-refractivity contribution in [3.63, 3.8) is 0 Å². The first-order chi connectivity index (χ1) is 13.2. The molecule has 1 saturated heterocycles. The number of hydrogen-bond acceptors (Lipinski definition) is 4. The first-order valence-electron chi connectivity index (χ1n) is 9.38. The van der Waals surface area contributed by atoms with Crippen molar-refractivity contribution in [3.05, 3.63) is 53.1 Å². The van der Waals surface area contributed by atoms with Gasteiger partial charge in [0.1, 0.15) is 0 Å². The van der Waals surface area contributed by atoms with Gasteiger partial charge in [-0.15, -0.1) is 0 Å². The fourth-order valence-electron chi connectivity index (χ4n) is 3.73. The molecule has 1 N–H and O–H groups in total. The molecule has 1 fully saturated rings. The van der Waals surface area contributed by atoms with E-state index in [-0.39, 0.29) is 11.9 Å². The van der Waals surface area contributed by atoms with Crippen molar-refractivity contribution in [1.82, 2.24) is 4.90 Å². The third kappa shape index (κ3) is 4.37. The van der Waals surface area contributed by atoms with E-state index in [2.05, 4.69) is 22.3 Å². The maximum absolute atomic E-state index is 12.5. The third-order valence-corrected chi connectivity index (χ3v) is 5.21. The van der Waals surface area contributed by atoms with E-state index in [9.17, 15) is 4.79 Å². The van der Waals surface area contributed by atoms with E-state index in [1.54, 1.807) is 12.1 Å². The molecule has 5 nitrogen and oxygen atoms in total. The van der Waals surface area contributed by atoms with E-state index in [0.717, 1.165) is 43.0 Å². The first kappa shape index (κ1) is 18.1. The molecular weight excluding hydrogens is 364 g/mol. The lowest BCUT2D eigenvalue weighted by atomic mass is 10.0. The fraction of sp³-hybridized carbons (Fsp3) is 0.381. The number of halogens is 1. The molecule has 0 spiro atoms. The maximum atomic E-state index is 12.5. The highest BCUT2D eigenvalue weighted by Crippen LogP contribution is 2.37. The number of likely N-dealkylation sites (tertiary alicyclic amines) is 1. The van der Waals surface area contributed by atoms with Gasteiger partial charge in [-0.25, -0.2) is 0 Å². The van der Waals surface area contributed by atoms with Crippen molar-refractivity contribution < 1.29 is 14.3 Å². The quantitative estimate of drug-likeness (QED) is 0.852. The molecule has 2 aromatic rings. The van der Waals surface area contributed by atoms with Gasteiger partial charge in [0.05, 0.1) is 19.8 Å². The number of nitrogens with one attached hydrogen (secondary N) is 1. The van der Waals surface area contributed by atoms with Crippen molar-refractivity contribution in [2.75, 3.05) is 31.6 Å². The minimum Gasteiger partial charge on any atom is -0.490 e. The van der Waals surface area contributed by atoms with E-state index >= 15 is 0 Å². The summed E-state index contributed by atoms with van der Waals surface area (Å²) in [6.07, 6.45) is 3.00. The molecule has 0 aliphatic carbocycles. The van der Waals surface area contributed by atoms with Gasteiger partial charge in [-0.2, -0.15) is 0 Å². The van der Waals surface area contributed by atoms with Crippen molar-refractivity contribution in [2.24, 2.45) is 0 Å². The Labute approximate surface area is 164 Å². The fourth-order valence-corrected chi connectivity index (χ4v) is 3.92. The molecule has 27 heavy (non-hydrogen) atoms. The van der Waals surface area contributed by atoms with E-state index in [1.165, 1.54) is 5.56 Å². The van der Waals surface area contributed by atoms with Crippen molar-refractivity contribution in [1.29, 1.82) is 0 Å². The predicted molar refractivity (Wildman–Crippen MR) is 106 cm³/mol. The summed E-state index contributed by atoms with van der Waals surface area (Å²) in [6.45, 7) is 2.62. The zero-order chi connectivity index (χ0) is 18.6. The second-order valence-corrected chi connectivity index (χ2v) is 7.38. The van der Waals surface area contributed by atoms with Gasteiger partial charge in [0.25, 0.3) is 0 Å². The molecule has 2 heterocycles. The summed E-state index contributed by atoms with van der Waals surface area (Å²) in [5.74, 6) is 1.58. The van der Waals surface area contributed by atoms with Crippen LogP contribution in [0.3, 0.4) is 0 Å². The molecule has 0 bridgehead atoms. The number of benzene rings is 2. The van der Waals surface area contributed by atoms with Gasteiger partial charge < -0.3 is 14.8 Å². The van der Waals surface area contributed by atoms with Crippen LogP contribution in [-0.2, 0) is 4.79 Å². The van der Waals surface area contributed by atoms with E-state index in [4.69, 9.17) is 21.1 Å². The van der Waals surface area contributed by atoms with Crippen molar-refractivity contribution >= 4 is 23.2 Å². The SMILES string of the molecule is O=C(CN1CCC[C@@H]1c1ccc2c(c1)OCCCO2)Nc1cccc(Cl)c1. The van der Waals surface area contributed by atoms with Crippen LogP contribution in [0.5, 0.6) is 11.5 Å². The summed E-state index contributed by atoms with van der Waals surface area (Å²) >= 11 is 5.99. The van der Waals surface area contributed by atoms with Gasteiger partial charge in [-0.1, -0.05) is 23.7 Å². The van der Waals surface area contributed by atoms with E-state index < -0.39 is 0 Å². The maximum Gasteiger partial charge on any atom is 0.238 e. The molecule has 2 aromatic carbocycles. The Hall–Kier alpha value is -2.24. The highest BCUT2D eigenvalue weighted by Gasteiger charge is 2.28. The molecule has 0 saturated carbocycles. The summed E-state index contributed by atoms with van der Waals surface area (Å²) in [5.41, 5.74) is 1.89. The second kappa shape index (κ2) is 8.19. The van der Waals surface area contributed by atoms with Crippen LogP contribution in [-0.4, -0.2) is 37.1 Å². The van der Waals surface area contributed by atoms with Crippen LogP contribution < -0.4 is 14.8 Å². The van der Waals surface area contributed by atoms with Crippen LogP contribution in [0.1, 0.15) is 30.9 Å². The van der Waals surface area contributed by atoms with Gasteiger partial charge >= 0.3 is 0 Å². The lowest BCUT2D eigenvalue weighted by Gasteiger charge is -2.25. The van der Waals surface area contributed by atoms with Crippen molar-refractivity contribution in [2.45, 2.75) is 25.3 Å². The summed E-state index contributed by atoms with van der Waals surface area (Å²) in [4.78, 5) is 14.7. The minimum atomic E-state index is -0.0292. The Kier molecular flexibility index (Phi) is 5.50. The number of carbonyl (C=O) groups excluding carboxylic acids is 1. The van der Waals surface area contributed by atoms with E-state index in [0.29, 0.717) is 24.8 Å². The number of fused-ring (bicyclic) bond motifs is 1. The average Bonchev–Trinajstić information content (AvgIpc) is 2.97. The topological polar surface area (TPSA) is 50.8 Å². The second-order valence-electron chi connectivity index (χ2n) is 6.94. The lowest BCUT2D eigenvalue weighted by molar-refractivity contribution is -0.117. The zero-order valence-corrected chi connectivity index (χ0v) is 15.9. The average molecular weight is 387 g/mol. The number of ether oxygens (including phenoxy) is 2. The Morgan fingerprint density at radius 2 is 1.96 bits per heavy atom. The smallest absolute Gasteiger partial charge is 0.238 e. The molecule has 6 heteroatoms. The Balaban J connectivity index is 1.44. The normalized spacial score (nSPS) is 19.5. The molecule has 0 aromatic heterocycles. The third-order valence-electron chi connectivity index (χ3n) is 4.98. The van der Waals surface area contributed by atoms with Gasteiger partial charge in [0, 0.05) is 23.2 Å². The standard InChI is InChI=1S/C21H23ClN2O3/c22-16-4-1-5-17(13-16)23-21(25)14-24-9-2-6-18(24)15-7-8-19-20(12-15)27-11-3-10-26-19/h1,4-5,7-8,12-13,18H,2-3,6,9-11,14H2,(H,23,25)/t18-/m1/s1. The minimum absolute atomic E-state index is 0.0292. The number of nitrogens with zero attached hydrogens (tertiary/aromatic N) is 1. The molecule has 0 unspecified atom stereocenters. The number of anilines is 1. The Bertz CT molecular complexity index is 827. The number of hydrogen-bond donors (Lipinski definition) is 1. The molecule has 142 valence electrons. The van der Waals surface area contributed by atoms with Crippen LogP contribution in [0.4, 0.5) is 5.69 Å². The largest absolute Gasteiger partial charge is 0.490 e. The number of rotatable bonds is 4. The molecule has 0 radical (unpaired) electrons. The zero-order valence-electron chi connectivity index (χ0n) is 15.1. The highest BCUT2D eigenvalue weighted by molar-refractivity contribution is 6.30. The van der Waals surface area contributed by atoms with Crippen LogP contribution in [0.15, 0.2) is 42.5 Å². The van der Waals surface area contributed by atoms with Gasteiger partial charge in [0.15, 0.2) is 11.5 Å². The summed E-state index contributed by atoms with van der Waals surface area (Å²) in [6, 6.07) is 13.6. The van der Waals surface area contributed by atoms with Gasteiger partial charge in [-0.3, -0.25) is 9.69 Å². The molecular formula is C21H23ClN2O3. The van der Waals surface area contributed by atoms with Gasteiger partial charge in [0.2, 0.25) is 5.91 Å². The molecule has 2 aliphatic heterocycles. The summed E-state index contributed by atoms with van der Waals surface area (Å²) in [7, 11) is 0. The Morgan fingerprint density at radius 1 is 1.11 bits per heavy atom. The van der Waals surface area contributed by atoms with Gasteiger partial charge in [-0.05, 0) is 55.3 Å². The first-order valence-corrected chi connectivity index (χ1v) is 9.76. The number of amides is 1. The van der Waals surface area contributed by atoms with Crippen molar-refractivity contribution in [3.8, 4) is 11.5 Å². The van der Waals surface area contributed by atoms with Crippen LogP contribution in [0.2, 0.25) is 5.02 Å². The molecule has 1 amide bonds. The molecule has 2 aliphatic rings. The van der Waals surface area contributed by atoms with E-state index in [1.807, 2.05) is 18.2 Å². The highest BCUT2D eigenvalue weighted by atomic mass is 35.5. The Morgan fingerprint density at radius 3 is 2.81 bits per heavy atom. The monoisotopic (exact) mass is 386 g/mol. The van der Waals surface area contributed by atoms with Crippen LogP contribution >= 0.6 is 11.6 Å². The summed E-state index contributed by atoms with van der Waals surface area (Å²) < 4.78 is 11.5. The van der Waals surface area contributed by atoms with Crippen LogP contribution in [0, 0.1) is 0 Å². The summed E-state index contributed by atoms with van der Waals surface area (Å²) in [5, 5.41) is 3.54. The van der Waals surface area contributed by atoms with Crippen LogP contribution in [0.25, 0.3) is 0 Å². The number of carbonyl (C=O) groups is 1. The predicted octanol–water partition coefficient (Wildman–Crippen LogP) is 4.28.